The van der Waals surface area contributed by atoms with Crippen LogP contribution in [0.1, 0.15) is 0 Å². The molecule has 0 unspecified atom stereocenters. The first-order valence-corrected chi connectivity index (χ1v) is 20.8. The summed E-state index contributed by atoms with van der Waals surface area (Å²) in [5, 5.41) is 4.86. The molecule has 0 bridgehead atoms. The maximum atomic E-state index is 4.98. The molecule has 0 atom stereocenters. The van der Waals surface area contributed by atoms with E-state index in [1.54, 1.807) is 0 Å². The number of para-hydroxylation sites is 3. The van der Waals surface area contributed by atoms with E-state index in [0.717, 1.165) is 55.8 Å². The quantitative estimate of drug-likeness (QED) is 0.161. The van der Waals surface area contributed by atoms with E-state index in [4.69, 9.17) is 19.9 Å². The van der Waals surface area contributed by atoms with Gasteiger partial charge in [0.1, 0.15) is 0 Å². The normalized spacial score (nSPS) is 11.5. The lowest BCUT2D eigenvalue weighted by Gasteiger charge is -2.12. The van der Waals surface area contributed by atoms with E-state index < -0.39 is 0 Å². The minimum absolute atomic E-state index is 0.571. The molecule has 0 aliphatic rings. The Morgan fingerprint density at radius 2 is 0.726 bits per heavy atom. The molecule has 0 aliphatic carbocycles. The number of fused-ring (bicyclic) bond motifs is 6. The Labute approximate surface area is 357 Å². The van der Waals surface area contributed by atoms with Gasteiger partial charge in [0, 0.05) is 67.6 Å². The van der Waals surface area contributed by atoms with Gasteiger partial charge in [0.15, 0.2) is 17.5 Å². The molecule has 0 saturated carbocycles. The molecule has 12 rings (SSSR count). The first-order chi connectivity index (χ1) is 30.7. The van der Waals surface area contributed by atoms with E-state index >= 15 is 0 Å². The van der Waals surface area contributed by atoms with Gasteiger partial charge < -0.3 is 9.13 Å². The highest BCUT2D eigenvalue weighted by atomic mass is 15.0. The van der Waals surface area contributed by atoms with Crippen LogP contribution in [0.4, 0.5) is 0 Å². The zero-order chi connectivity index (χ0) is 41.0. The molecule has 0 amide bonds. The molecule has 0 saturated heterocycles. The number of aromatic nitrogens is 6. The third-order valence-corrected chi connectivity index (χ3v) is 11.8. The highest BCUT2D eigenvalue weighted by molar-refractivity contribution is 6.11. The van der Waals surface area contributed by atoms with Gasteiger partial charge in [-0.3, -0.25) is 4.98 Å². The first-order valence-electron chi connectivity index (χ1n) is 20.8. The third kappa shape index (κ3) is 6.04. The fourth-order valence-electron chi connectivity index (χ4n) is 8.92. The summed E-state index contributed by atoms with van der Waals surface area (Å²) in [6.07, 6.45) is 3.75. The molecule has 0 aliphatic heterocycles. The fourth-order valence-corrected chi connectivity index (χ4v) is 8.92. The molecule has 4 heterocycles. The van der Waals surface area contributed by atoms with Gasteiger partial charge in [-0.2, -0.15) is 0 Å². The van der Waals surface area contributed by atoms with Crippen molar-refractivity contribution in [2.24, 2.45) is 0 Å². The maximum Gasteiger partial charge on any atom is 0.165 e. The van der Waals surface area contributed by atoms with Crippen molar-refractivity contribution in [1.29, 1.82) is 0 Å². The van der Waals surface area contributed by atoms with Crippen molar-refractivity contribution in [3.05, 3.63) is 219 Å². The van der Waals surface area contributed by atoms with Gasteiger partial charge in [0.2, 0.25) is 0 Å². The van der Waals surface area contributed by atoms with Crippen molar-refractivity contribution < 1.29 is 0 Å². The molecule has 0 N–H and O–H groups in total. The van der Waals surface area contributed by atoms with Crippen LogP contribution in [0.25, 0.3) is 111 Å². The van der Waals surface area contributed by atoms with Crippen LogP contribution in [0, 0.1) is 0 Å². The molecule has 290 valence electrons. The molecular weight excluding hydrogens is 757 g/mol. The van der Waals surface area contributed by atoms with Crippen molar-refractivity contribution in [2.45, 2.75) is 0 Å². The Hall–Kier alpha value is -8.48. The average Bonchev–Trinajstić information content (AvgIpc) is 3.87. The average molecular weight is 793 g/mol. The van der Waals surface area contributed by atoms with Crippen LogP contribution in [0.3, 0.4) is 0 Å². The maximum absolute atomic E-state index is 4.98. The van der Waals surface area contributed by atoms with Gasteiger partial charge >= 0.3 is 0 Å². The fraction of sp³-hybridized carbons (Fsp3) is 0. The Kier molecular flexibility index (Phi) is 8.38. The monoisotopic (exact) mass is 792 g/mol. The van der Waals surface area contributed by atoms with Crippen LogP contribution < -0.4 is 0 Å². The zero-order valence-electron chi connectivity index (χ0n) is 33.5. The largest absolute Gasteiger partial charge is 0.309 e. The van der Waals surface area contributed by atoms with Crippen molar-refractivity contribution >= 4 is 43.6 Å². The van der Waals surface area contributed by atoms with E-state index in [9.17, 15) is 0 Å². The lowest BCUT2D eigenvalue weighted by atomic mass is 10.0. The Morgan fingerprint density at radius 1 is 0.258 bits per heavy atom. The van der Waals surface area contributed by atoms with Gasteiger partial charge in [-0.25, -0.2) is 15.0 Å². The molecular formula is C56H36N6. The summed E-state index contributed by atoms with van der Waals surface area (Å²) in [4.78, 5) is 19.6. The van der Waals surface area contributed by atoms with Gasteiger partial charge in [-0.15, -0.1) is 0 Å². The van der Waals surface area contributed by atoms with E-state index in [2.05, 4.69) is 155 Å². The Morgan fingerprint density at radius 3 is 1.42 bits per heavy atom. The highest BCUT2D eigenvalue weighted by Crippen LogP contribution is 2.38. The lowest BCUT2D eigenvalue weighted by molar-refractivity contribution is 1.07. The van der Waals surface area contributed by atoms with Gasteiger partial charge in [-0.05, 0) is 77.4 Å². The predicted octanol–water partition coefficient (Wildman–Crippen LogP) is 13.8. The van der Waals surface area contributed by atoms with Crippen molar-refractivity contribution in [3.8, 4) is 67.8 Å². The van der Waals surface area contributed by atoms with Gasteiger partial charge in [-0.1, -0.05) is 146 Å². The van der Waals surface area contributed by atoms with Crippen LogP contribution in [-0.4, -0.2) is 29.1 Å². The SMILES string of the molecule is c1ccc(-c2nc(-c3ccccc3)nc(-c3cncc(-c4ccc5c6ccccc6n(-c6cccc(-c7ccc8c(c7)c7ccccc7n8-c7ccccc7)c6)c5c4)c3)n2)cc1. The van der Waals surface area contributed by atoms with E-state index in [-0.39, 0.29) is 0 Å². The van der Waals surface area contributed by atoms with Crippen LogP contribution in [0.15, 0.2) is 219 Å². The Bertz CT molecular complexity index is 3570. The summed E-state index contributed by atoms with van der Waals surface area (Å²) in [5.41, 5.74) is 13.9. The lowest BCUT2D eigenvalue weighted by Crippen LogP contribution is -2.00. The summed E-state index contributed by atoms with van der Waals surface area (Å²) in [6.45, 7) is 0. The first kappa shape index (κ1) is 35.5. The molecule has 12 aromatic rings. The predicted molar refractivity (Wildman–Crippen MR) is 253 cm³/mol. The molecule has 62 heavy (non-hydrogen) atoms. The second kappa shape index (κ2) is 14.7. The highest BCUT2D eigenvalue weighted by Gasteiger charge is 2.18. The minimum Gasteiger partial charge on any atom is -0.309 e. The summed E-state index contributed by atoms with van der Waals surface area (Å²) in [6, 6.07) is 72.7. The molecule has 0 spiro atoms. The summed E-state index contributed by atoms with van der Waals surface area (Å²) in [7, 11) is 0. The number of hydrogen-bond donors (Lipinski definition) is 0. The van der Waals surface area contributed by atoms with E-state index in [0.29, 0.717) is 17.5 Å². The summed E-state index contributed by atoms with van der Waals surface area (Å²) < 4.78 is 4.75. The topological polar surface area (TPSA) is 61.4 Å². The van der Waals surface area contributed by atoms with Crippen LogP contribution in [0.2, 0.25) is 0 Å². The van der Waals surface area contributed by atoms with Gasteiger partial charge in [0.25, 0.3) is 0 Å². The van der Waals surface area contributed by atoms with Gasteiger partial charge in [0.05, 0.1) is 22.1 Å². The molecule has 6 nitrogen and oxygen atoms in total. The summed E-state index contributed by atoms with van der Waals surface area (Å²) >= 11 is 0. The van der Waals surface area contributed by atoms with Crippen molar-refractivity contribution in [1.82, 2.24) is 29.1 Å². The standard InChI is InChI=1S/C56H36N6/c1-4-15-37(16-5-1)54-58-55(38-17-6-2-7-18-38)60-56(59-54)43-31-42(35-57-36-43)41-27-29-48-46-23-10-12-25-50(46)62(53(48)34-41)45-22-14-19-39(32-45)40-28-30-52-49(33-40)47-24-11-13-26-51(47)61(52)44-20-8-3-9-21-44/h1-36H. The van der Waals surface area contributed by atoms with E-state index in [1.807, 2.05) is 73.1 Å². The van der Waals surface area contributed by atoms with E-state index in [1.165, 1.54) is 38.1 Å². The second-order valence-corrected chi connectivity index (χ2v) is 15.6. The van der Waals surface area contributed by atoms with Crippen molar-refractivity contribution in [3.63, 3.8) is 0 Å². The third-order valence-electron chi connectivity index (χ3n) is 11.8. The number of nitrogens with zero attached hydrogens (tertiary/aromatic N) is 6. The number of benzene rings is 8. The number of hydrogen-bond acceptors (Lipinski definition) is 4. The molecule has 6 heteroatoms. The van der Waals surface area contributed by atoms with Crippen LogP contribution in [-0.2, 0) is 0 Å². The zero-order valence-corrected chi connectivity index (χ0v) is 33.5. The second-order valence-electron chi connectivity index (χ2n) is 15.6. The Balaban J connectivity index is 0.971. The smallest absolute Gasteiger partial charge is 0.165 e. The minimum atomic E-state index is 0.571. The molecule has 0 fully saturated rings. The molecule has 8 aromatic carbocycles. The molecule has 0 radical (unpaired) electrons. The van der Waals surface area contributed by atoms with Crippen molar-refractivity contribution in [2.75, 3.05) is 0 Å². The van der Waals surface area contributed by atoms with Crippen LogP contribution >= 0.6 is 0 Å². The molecule has 4 aromatic heterocycles. The number of rotatable bonds is 7. The van der Waals surface area contributed by atoms with Crippen LogP contribution in [0.5, 0.6) is 0 Å². The number of pyridine rings is 1. The summed E-state index contributed by atoms with van der Waals surface area (Å²) in [5.74, 6) is 1.81.